The van der Waals surface area contributed by atoms with Crippen LogP contribution in [0.5, 0.6) is 5.75 Å². The molecule has 1 saturated heterocycles. The van der Waals surface area contributed by atoms with E-state index < -0.39 is 0 Å². The number of nitrogens with one attached hydrogen (secondary N) is 1. The van der Waals surface area contributed by atoms with Gasteiger partial charge < -0.3 is 14.8 Å². The molecular weight excluding hydrogens is 308 g/mol. The molecule has 24 heavy (non-hydrogen) atoms. The number of benzene rings is 2. The molecule has 0 amide bonds. The molecule has 6 nitrogen and oxygen atoms in total. The van der Waals surface area contributed by atoms with Gasteiger partial charge in [0.25, 0.3) is 5.69 Å². The van der Waals surface area contributed by atoms with E-state index in [1.807, 2.05) is 30.3 Å². The summed E-state index contributed by atoms with van der Waals surface area (Å²) < 4.78 is 11.3. The molecule has 0 saturated carbocycles. The number of ether oxygens (including phenoxy) is 2. The Morgan fingerprint density at radius 1 is 1.25 bits per heavy atom. The Kier molecular flexibility index (Phi) is 3.61. The topological polar surface area (TPSA) is 73.6 Å². The van der Waals surface area contributed by atoms with Crippen molar-refractivity contribution in [2.45, 2.75) is 18.6 Å². The number of nitrogens with zero attached hydrogens (tertiary/aromatic N) is 1. The Balaban J connectivity index is 1.80. The smallest absolute Gasteiger partial charge is 0.274 e. The molecule has 0 spiro atoms. The zero-order chi connectivity index (χ0) is 16.7. The third kappa shape index (κ3) is 2.30. The highest BCUT2D eigenvalue weighted by Gasteiger charge is 2.43. The first-order valence-electron chi connectivity index (χ1n) is 7.98. The first-order valence-corrected chi connectivity index (χ1v) is 7.98. The largest absolute Gasteiger partial charge is 0.497 e. The first kappa shape index (κ1) is 15.0. The summed E-state index contributed by atoms with van der Waals surface area (Å²) in [5.41, 5.74) is 2.87. The Hall–Kier alpha value is -2.60. The fraction of sp³-hybridized carbons (Fsp3) is 0.333. The summed E-state index contributed by atoms with van der Waals surface area (Å²) >= 11 is 0. The van der Waals surface area contributed by atoms with Crippen molar-refractivity contribution in [3.8, 4) is 5.75 Å². The van der Waals surface area contributed by atoms with Gasteiger partial charge in [-0.05, 0) is 24.6 Å². The van der Waals surface area contributed by atoms with Crippen LogP contribution >= 0.6 is 0 Å². The number of nitro benzene ring substituents is 1. The number of fused-ring (bicyclic) bond motifs is 3. The summed E-state index contributed by atoms with van der Waals surface area (Å²) in [5, 5.41) is 14.9. The van der Waals surface area contributed by atoms with Gasteiger partial charge >= 0.3 is 0 Å². The Morgan fingerprint density at radius 3 is 2.88 bits per heavy atom. The van der Waals surface area contributed by atoms with Crippen LogP contribution in [0.3, 0.4) is 0 Å². The number of nitro groups is 1. The van der Waals surface area contributed by atoms with E-state index in [4.69, 9.17) is 9.47 Å². The van der Waals surface area contributed by atoms with Gasteiger partial charge in [-0.1, -0.05) is 18.2 Å². The average Bonchev–Trinajstić information content (AvgIpc) is 3.10. The van der Waals surface area contributed by atoms with E-state index in [1.165, 1.54) is 0 Å². The lowest BCUT2D eigenvalue weighted by Gasteiger charge is -2.36. The second-order valence-electron chi connectivity index (χ2n) is 6.14. The fourth-order valence-electron chi connectivity index (χ4n) is 3.80. The molecule has 2 aliphatic heterocycles. The van der Waals surface area contributed by atoms with E-state index in [0.29, 0.717) is 12.2 Å². The molecule has 0 bridgehead atoms. The van der Waals surface area contributed by atoms with E-state index >= 15 is 0 Å². The predicted octanol–water partition coefficient (Wildman–Crippen LogP) is 3.85. The van der Waals surface area contributed by atoms with Gasteiger partial charge in [0.2, 0.25) is 0 Å². The van der Waals surface area contributed by atoms with Crippen LogP contribution in [0.15, 0.2) is 42.5 Å². The average molecular weight is 326 g/mol. The van der Waals surface area contributed by atoms with Crippen LogP contribution in [-0.4, -0.2) is 18.6 Å². The molecule has 1 fully saturated rings. The van der Waals surface area contributed by atoms with Gasteiger partial charge in [-0.15, -0.1) is 0 Å². The third-order valence-electron chi connectivity index (χ3n) is 4.91. The number of hydrogen-bond acceptors (Lipinski definition) is 5. The van der Waals surface area contributed by atoms with Crippen molar-refractivity contribution >= 4 is 11.4 Å². The molecule has 0 unspecified atom stereocenters. The van der Waals surface area contributed by atoms with Gasteiger partial charge in [-0.3, -0.25) is 10.1 Å². The van der Waals surface area contributed by atoms with E-state index in [0.717, 1.165) is 23.4 Å². The van der Waals surface area contributed by atoms with Crippen molar-refractivity contribution in [1.29, 1.82) is 0 Å². The number of rotatable bonds is 3. The van der Waals surface area contributed by atoms with Crippen molar-refractivity contribution < 1.29 is 14.4 Å². The summed E-state index contributed by atoms with van der Waals surface area (Å²) in [6, 6.07) is 12.6. The molecule has 3 atom stereocenters. The van der Waals surface area contributed by atoms with Crippen LogP contribution < -0.4 is 10.1 Å². The molecule has 1 N–H and O–H groups in total. The molecule has 0 aromatic heterocycles. The van der Waals surface area contributed by atoms with Gasteiger partial charge in [-0.2, -0.15) is 0 Å². The lowest BCUT2D eigenvalue weighted by Crippen LogP contribution is -2.29. The van der Waals surface area contributed by atoms with E-state index in [1.54, 1.807) is 19.2 Å². The molecule has 124 valence electrons. The maximum absolute atomic E-state index is 11.4. The Labute approximate surface area is 139 Å². The van der Waals surface area contributed by atoms with Gasteiger partial charge in [0, 0.05) is 29.8 Å². The monoisotopic (exact) mass is 326 g/mol. The van der Waals surface area contributed by atoms with E-state index in [2.05, 4.69) is 5.32 Å². The second-order valence-corrected chi connectivity index (χ2v) is 6.14. The zero-order valence-electron chi connectivity index (χ0n) is 13.3. The maximum atomic E-state index is 11.4. The Morgan fingerprint density at radius 2 is 2.08 bits per heavy atom. The number of anilines is 1. The predicted molar refractivity (Wildman–Crippen MR) is 89.3 cm³/mol. The van der Waals surface area contributed by atoms with Crippen molar-refractivity contribution in [2.75, 3.05) is 19.0 Å². The zero-order valence-corrected chi connectivity index (χ0v) is 13.3. The maximum Gasteiger partial charge on any atom is 0.274 e. The second kappa shape index (κ2) is 5.79. The fourth-order valence-corrected chi connectivity index (χ4v) is 3.80. The highest BCUT2D eigenvalue weighted by atomic mass is 16.6. The SMILES string of the molecule is COc1ccc2c(c1)[C@H]1OCC[C@H]1[C@@H](c1ccccc1[N+](=O)[O-])N2. The molecule has 4 rings (SSSR count). The summed E-state index contributed by atoms with van der Waals surface area (Å²) in [6.07, 6.45) is 0.798. The van der Waals surface area contributed by atoms with Crippen LogP contribution in [0, 0.1) is 16.0 Å². The standard InChI is InChI=1S/C18H18N2O4/c1-23-11-6-7-15-14(10-11)18-13(8-9-24-18)17(19-15)12-4-2-3-5-16(12)20(21)22/h2-7,10,13,17-19H,8-9H2,1H3/t13-,17+,18-/m0/s1. The third-order valence-corrected chi connectivity index (χ3v) is 4.91. The molecule has 0 aliphatic carbocycles. The number of methoxy groups -OCH3 is 1. The molecular formula is C18H18N2O4. The minimum atomic E-state index is -0.314. The number of para-hydroxylation sites is 1. The van der Waals surface area contributed by atoms with Gasteiger partial charge in [0.05, 0.1) is 29.7 Å². The van der Waals surface area contributed by atoms with Crippen molar-refractivity contribution in [1.82, 2.24) is 0 Å². The molecule has 6 heteroatoms. The molecule has 0 radical (unpaired) electrons. The van der Waals surface area contributed by atoms with Crippen LogP contribution in [0.4, 0.5) is 11.4 Å². The Bertz CT molecular complexity index is 792. The van der Waals surface area contributed by atoms with Gasteiger partial charge in [-0.25, -0.2) is 0 Å². The van der Waals surface area contributed by atoms with Crippen LogP contribution in [0.1, 0.15) is 29.7 Å². The minimum Gasteiger partial charge on any atom is -0.497 e. The first-order chi connectivity index (χ1) is 11.7. The minimum absolute atomic E-state index is 0.0684. The summed E-state index contributed by atoms with van der Waals surface area (Å²) in [5.74, 6) is 0.944. The van der Waals surface area contributed by atoms with Crippen LogP contribution in [0.25, 0.3) is 0 Å². The molecule has 2 aromatic carbocycles. The summed E-state index contributed by atoms with van der Waals surface area (Å²) in [7, 11) is 1.64. The molecule has 2 aromatic rings. The highest BCUT2D eigenvalue weighted by Crippen LogP contribution is 2.51. The van der Waals surface area contributed by atoms with Crippen LogP contribution in [0.2, 0.25) is 0 Å². The molecule has 2 aliphatic rings. The van der Waals surface area contributed by atoms with Crippen LogP contribution in [-0.2, 0) is 4.74 Å². The molecule has 2 heterocycles. The van der Waals surface area contributed by atoms with E-state index in [9.17, 15) is 10.1 Å². The number of hydrogen-bond donors (Lipinski definition) is 1. The van der Waals surface area contributed by atoms with Gasteiger partial charge in [0.15, 0.2) is 0 Å². The van der Waals surface area contributed by atoms with Gasteiger partial charge in [0.1, 0.15) is 5.75 Å². The lowest BCUT2D eigenvalue weighted by atomic mass is 9.80. The summed E-state index contributed by atoms with van der Waals surface area (Å²) in [6.45, 7) is 0.658. The lowest BCUT2D eigenvalue weighted by molar-refractivity contribution is -0.385. The highest BCUT2D eigenvalue weighted by molar-refractivity contribution is 5.61. The van der Waals surface area contributed by atoms with Crippen molar-refractivity contribution in [3.63, 3.8) is 0 Å². The van der Waals surface area contributed by atoms with Crippen molar-refractivity contribution in [3.05, 3.63) is 63.7 Å². The van der Waals surface area contributed by atoms with Crippen molar-refractivity contribution in [2.24, 2.45) is 5.92 Å². The quantitative estimate of drug-likeness (QED) is 0.685. The normalized spacial score (nSPS) is 24.6. The van der Waals surface area contributed by atoms with E-state index in [-0.39, 0.29) is 28.7 Å². The summed E-state index contributed by atoms with van der Waals surface area (Å²) in [4.78, 5) is 11.1.